The molecular weight excluding hydrogens is 196 g/mol. The number of ether oxygens (including phenoxy) is 1. The summed E-state index contributed by atoms with van der Waals surface area (Å²) in [6, 6.07) is -0.196. The van der Waals surface area contributed by atoms with Crippen molar-refractivity contribution in [2.24, 2.45) is 0 Å². The maximum absolute atomic E-state index is 12.0. The average Bonchev–Trinajstić information content (AvgIpc) is 2.53. The summed E-state index contributed by atoms with van der Waals surface area (Å²) in [5, 5.41) is 12.4. The van der Waals surface area contributed by atoms with Crippen LogP contribution in [0.1, 0.15) is 12.8 Å². The van der Waals surface area contributed by atoms with Crippen LogP contribution in [0.4, 0.5) is 0 Å². The van der Waals surface area contributed by atoms with E-state index >= 15 is 0 Å². The predicted molar refractivity (Wildman–Crippen MR) is 54.4 cm³/mol. The molecule has 0 bridgehead atoms. The number of nitrogens with zero attached hydrogens (tertiary/aromatic N) is 1. The number of aliphatic hydroxyl groups excluding tert-OH is 1. The van der Waals surface area contributed by atoms with Crippen LogP contribution in [0, 0.1) is 0 Å². The minimum absolute atomic E-state index is 0.108. The van der Waals surface area contributed by atoms with Crippen LogP contribution >= 0.6 is 0 Å². The summed E-state index contributed by atoms with van der Waals surface area (Å²) in [4.78, 5) is 13.8. The molecule has 2 heterocycles. The average molecular weight is 214 g/mol. The van der Waals surface area contributed by atoms with Gasteiger partial charge in [-0.1, -0.05) is 0 Å². The second-order valence-electron chi connectivity index (χ2n) is 4.14. The molecule has 2 saturated heterocycles. The smallest absolute Gasteiger partial charge is 0.239 e. The highest BCUT2D eigenvalue weighted by Crippen LogP contribution is 2.11. The number of amides is 1. The normalized spacial score (nSPS) is 32.7. The Hall–Kier alpha value is -0.650. The summed E-state index contributed by atoms with van der Waals surface area (Å²) < 4.78 is 5.29. The molecule has 2 atom stereocenters. The Labute approximate surface area is 89.4 Å². The maximum atomic E-state index is 12.0. The lowest BCUT2D eigenvalue weighted by Crippen LogP contribution is -2.44. The van der Waals surface area contributed by atoms with Crippen molar-refractivity contribution in [3.05, 3.63) is 0 Å². The quantitative estimate of drug-likeness (QED) is 0.585. The molecule has 86 valence electrons. The van der Waals surface area contributed by atoms with E-state index in [1.54, 1.807) is 0 Å². The summed E-state index contributed by atoms with van der Waals surface area (Å²) >= 11 is 0. The van der Waals surface area contributed by atoms with Gasteiger partial charge in [0.2, 0.25) is 5.91 Å². The lowest BCUT2D eigenvalue weighted by molar-refractivity contribution is -0.133. The van der Waals surface area contributed by atoms with E-state index in [0.29, 0.717) is 26.1 Å². The van der Waals surface area contributed by atoms with Crippen LogP contribution in [0.15, 0.2) is 0 Å². The molecule has 5 nitrogen and oxygen atoms in total. The van der Waals surface area contributed by atoms with Crippen molar-refractivity contribution in [1.29, 1.82) is 0 Å². The minimum Gasteiger partial charge on any atom is -0.392 e. The molecule has 0 radical (unpaired) electrons. The third-order valence-corrected chi connectivity index (χ3v) is 2.94. The van der Waals surface area contributed by atoms with Crippen LogP contribution in [-0.4, -0.2) is 60.9 Å². The monoisotopic (exact) mass is 214 g/mol. The molecule has 1 amide bonds. The molecule has 0 aliphatic carbocycles. The van der Waals surface area contributed by atoms with Gasteiger partial charge >= 0.3 is 0 Å². The molecule has 0 saturated carbocycles. The van der Waals surface area contributed by atoms with E-state index in [1.807, 2.05) is 4.90 Å². The van der Waals surface area contributed by atoms with Gasteiger partial charge in [-0.25, -0.2) is 0 Å². The molecule has 2 aliphatic rings. The van der Waals surface area contributed by atoms with Crippen molar-refractivity contribution in [1.82, 2.24) is 10.2 Å². The second-order valence-corrected chi connectivity index (χ2v) is 4.14. The van der Waals surface area contributed by atoms with Gasteiger partial charge in [0.1, 0.15) is 0 Å². The molecule has 0 aromatic rings. The van der Waals surface area contributed by atoms with E-state index < -0.39 is 0 Å². The summed E-state index contributed by atoms with van der Waals surface area (Å²) in [7, 11) is 0. The molecule has 2 N–H and O–H groups in total. The van der Waals surface area contributed by atoms with Crippen LogP contribution in [0.25, 0.3) is 0 Å². The van der Waals surface area contributed by atoms with E-state index in [4.69, 9.17) is 4.74 Å². The van der Waals surface area contributed by atoms with Gasteiger partial charge in [-0.15, -0.1) is 0 Å². The van der Waals surface area contributed by atoms with Crippen LogP contribution in [0.2, 0.25) is 0 Å². The molecule has 2 rings (SSSR count). The van der Waals surface area contributed by atoms with E-state index in [0.717, 1.165) is 19.6 Å². The van der Waals surface area contributed by atoms with Crippen molar-refractivity contribution in [2.45, 2.75) is 25.0 Å². The highest BCUT2D eigenvalue weighted by molar-refractivity contribution is 5.82. The number of hydrogen-bond donors (Lipinski definition) is 2. The first-order valence-corrected chi connectivity index (χ1v) is 5.55. The van der Waals surface area contributed by atoms with E-state index in [1.165, 1.54) is 0 Å². The zero-order chi connectivity index (χ0) is 10.7. The summed E-state index contributed by atoms with van der Waals surface area (Å²) in [5.41, 5.74) is 0. The van der Waals surface area contributed by atoms with Crippen molar-refractivity contribution < 1.29 is 14.6 Å². The lowest BCUT2D eigenvalue weighted by atomic mass is 10.2. The zero-order valence-corrected chi connectivity index (χ0v) is 8.82. The third-order valence-electron chi connectivity index (χ3n) is 2.94. The molecular formula is C10H18N2O3. The van der Waals surface area contributed by atoms with Crippen LogP contribution in [0.3, 0.4) is 0 Å². The first-order chi connectivity index (χ1) is 7.27. The van der Waals surface area contributed by atoms with Gasteiger partial charge in [-0.2, -0.15) is 0 Å². The lowest BCUT2D eigenvalue weighted by Gasteiger charge is -2.23. The van der Waals surface area contributed by atoms with Crippen molar-refractivity contribution in [3.63, 3.8) is 0 Å². The molecule has 15 heavy (non-hydrogen) atoms. The van der Waals surface area contributed by atoms with Crippen LogP contribution in [-0.2, 0) is 9.53 Å². The first kappa shape index (κ1) is 10.9. The Kier molecular flexibility index (Phi) is 3.56. The van der Waals surface area contributed by atoms with Crippen LogP contribution in [0.5, 0.6) is 0 Å². The van der Waals surface area contributed by atoms with Crippen molar-refractivity contribution in [2.75, 3.05) is 32.8 Å². The molecule has 2 aliphatic heterocycles. The van der Waals surface area contributed by atoms with Gasteiger partial charge in [0.05, 0.1) is 18.8 Å². The molecule has 2 fully saturated rings. The topological polar surface area (TPSA) is 61.8 Å². The Morgan fingerprint density at radius 3 is 3.00 bits per heavy atom. The highest BCUT2D eigenvalue weighted by atomic mass is 16.5. The second kappa shape index (κ2) is 4.92. The molecule has 0 spiro atoms. The predicted octanol–water partition coefficient (Wildman–Crippen LogP) is -1.04. The van der Waals surface area contributed by atoms with Crippen molar-refractivity contribution >= 4 is 5.91 Å². The largest absolute Gasteiger partial charge is 0.392 e. The van der Waals surface area contributed by atoms with Gasteiger partial charge in [0.25, 0.3) is 0 Å². The maximum Gasteiger partial charge on any atom is 0.239 e. The first-order valence-electron chi connectivity index (χ1n) is 5.55. The standard InChI is InChI=1S/C10H18N2O3/c13-8-6-9(11-7-8)10(14)12-2-1-4-15-5-3-12/h8-9,11,13H,1-7H2. The van der Waals surface area contributed by atoms with Gasteiger partial charge in [-0.3, -0.25) is 4.79 Å². The fourth-order valence-corrected chi connectivity index (χ4v) is 2.09. The molecule has 0 aromatic carbocycles. The number of nitrogens with one attached hydrogen (secondary N) is 1. The number of carbonyl (C=O) groups excluding carboxylic acids is 1. The number of rotatable bonds is 1. The summed E-state index contributed by atoms with van der Waals surface area (Å²) in [6.45, 7) is 3.34. The van der Waals surface area contributed by atoms with Gasteiger partial charge in [0, 0.05) is 26.2 Å². The molecule has 5 heteroatoms. The van der Waals surface area contributed by atoms with Gasteiger partial charge in [0.15, 0.2) is 0 Å². The van der Waals surface area contributed by atoms with Crippen LogP contribution < -0.4 is 5.32 Å². The molecule has 0 aromatic heterocycles. The summed E-state index contributed by atoms with van der Waals surface area (Å²) in [6.07, 6.45) is 1.07. The Bertz CT molecular complexity index is 227. The number of hydrogen-bond acceptors (Lipinski definition) is 4. The highest BCUT2D eigenvalue weighted by Gasteiger charge is 2.31. The summed E-state index contributed by atoms with van der Waals surface area (Å²) in [5.74, 6) is 0.108. The SMILES string of the molecule is O=C(C1CC(O)CN1)N1CCCOCC1. The number of β-amino-alcohol motifs (C(OH)–C–C–N with tert-alkyl or cyclic N) is 1. The van der Waals surface area contributed by atoms with Crippen molar-refractivity contribution in [3.8, 4) is 0 Å². The van der Waals surface area contributed by atoms with Gasteiger partial charge in [-0.05, 0) is 12.8 Å². The Morgan fingerprint density at radius 2 is 2.27 bits per heavy atom. The number of aliphatic hydroxyl groups is 1. The van der Waals surface area contributed by atoms with E-state index in [-0.39, 0.29) is 18.1 Å². The minimum atomic E-state index is -0.373. The molecule has 2 unspecified atom stereocenters. The van der Waals surface area contributed by atoms with E-state index in [2.05, 4.69) is 5.32 Å². The zero-order valence-electron chi connectivity index (χ0n) is 8.82. The number of carbonyl (C=O) groups is 1. The van der Waals surface area contributed by atoms with Gasteiger partial charge < -0.3 is 20.1 Å². The third kappa shape index (κ3) is 2.68. The fourth-order valence-electron chi connectivity index (χ4n) is 2.09. The van der Waals surface area contributed by atoms with E-state index in [9.17, 15) is 9.90 Å². The fraction of sp³-hybridized carbons (Fsp3) is 0.900. The Balaban J connectivity index is 1.88. The Morgan fingerprint density at radius 1 is 1.40 bits per heavy atom.